The molecule has 1 fully saturated rings. The second-order valence-corrected chi connectivity index (χ2v) is 8.44. The van der Waals surface area contributed by atoms with Crippen molar-refractivity contribution in [1.82, 2.24) is 4.90 Å². The maximum atomic E-state index is 12.4. The van der Waals surface area contributed by atoms with E-state index in [9.17, 15) is 14.7 Å². The maximum Gasteiger partial charge on any atom is 0.417 e. The monoisotopic (exact) mass is 412 g/mol. The molecule has 2 amide bonds. The molecule has 1 saturated heterocycles. The lowest BCUT2D eigenvalue weighted by molar-refractivity contribution is -0.0465. The molecule has 7 nitrogen and oxygen atoms in total. The van der Waals surface area contributed by atoms with Gasteiger partial charge in [-0.25, -0.2) is 9.59 Å². The Morgan fingerprint density at radius 3 is 2.37 bits per heavy atom. The molecule has 1 heterocycles. The van der Waals surface area contributed by atoms with Gasteiger partial charge in [-0.05, 0) is 63.4 Å². The molecule has 3 rings (SSSR count). The van der Waals surface area contributed by atoms with E-state index in [2.05, 4.69) is 5.32 Å². The Hall–Kier alpha value is -3.06. The number of aliphatic hydroxyl groups is 1. The van der Waals surface area contributed by atoms with Gasteiger partial charge in [0.15, 0.2) is 0 Å². The van der Waals surface area contributed by atoms with Crippen molar-refractivity contribution < 1.29 is 24.2 Å². The lowest BCUT2D eigenvalue weighted by Crippen LogP contribution is -2.49. The van der Waals surface area contributed by atoms with Crippen LogP contribution in [0.25, 0.3) is 0 Å². The summed E-state index contributed by atoms with van der Waals surface area (Å²) in [7, 11) is 0. The van der Waals surface area contributed by atoms with E-state index in [-0.39, 0.29) is 6.54 Å². The molecule has 0 aliphatic carbocycles. The van der Waals surface area contributed by atoms with Crippen molar-refractivity contribution in [3.05, 3.63) is 60.2 Å². The Labute approximate surface area is 176 Å². The Kier molecular flexibility index (Phi) is 6.31. The van der Waals surface area contributed by atoms with Crippen molar-refractivity contribution in [2.75, 3.05) is 18.4 Å². The molecule has 0 bridgehead atoms. The van der Waals surface area contributed by atoms with E-state index < -0.39 is 23.4 Å². The number of nitrogens with zero attached hydrogens (tertiary/aromatic N) is 1. The van der Waals surface area contributed by atoms with Crippen LogP contribution in [0.3, 0.4) is 0 Å². The van der Waals surface area contributed by atoms with Crippen LogP contribution < -0.4 is 10.1 Å². The van der Waals surface area contributed by atoms with Gasteiger partial charge in [0.2, 0.25) is 0 Å². The highest BCUT2D eigenvalue weighted by molar-refractivity contribution is 5.86. The molecule has 1 atom stereocenters. The number of hydrogen-bond donors (Lipinski definition) is 2. The number of piperidine rings is 1. The van der Waals surface area contributed by atoms with Gasteiger partial charge < -0.3 is 19.5 Å². The standard InChI is InChI=1S/C23H28N2O5/c1-22(2,3)30-21(27)25-15-7-14-23(28,16-25)17-10-12-18(13-11-17)24-20(26)29-19-8-5-4-6-9-19/h4-6,8-13,28H,7,14-16H2,1-3H3,(H,24,26). The van der Waals surface area contributed by atoms with Gasteiger partial charge in [0.25, 0.3) is 0 Å². The molecule has 0 radical (unpaired) electrons. The summed E-state index contributed by atoms with van der Waals surface area (Å²) in [6.45, 7) is 6.15. The molecular formula is C23H28N2O5. The Bertz CT molecular complexity index is 877. The minimum absolute atomic E-state index is 0.157. The summed E-state index contributed by atoms with van der Waals surface area (Å²) in [5, 5.41) is 13.8. The molecule has 0 aromatic heterocycles. The molecule has 1 aliphatic heterocycles. The number of amides is 2. The predicted octanol–water partition coefficient (Wildman–Crippen LogP) is 4.52. The molecule has 0 saturated carbocycles. The zero-order chi connectivity index (χ0) is 21.8. The first kappa shape index (κ1) is 21.6. The van der Waals surface area contributed by atoms with Crippen molar-refractivity contribution >= 4 is 17.9 Å². The van der Waals surface area contributed by atoms with Crippen LogP contribution in [0.5, 0.6) is 5.75 Å². The highest BCUT2D eigenvalue weighted by atomic mass is 16.6. The summed E-state index contributed by atoms with van der Waals surface area (Å²) in [5.74, 6) is 0.449. The first-order valence-electron chi connectivity index (χ1n) is 9.99. The largest absolute Gasteiger partial charge is 0.444 e. The number of carbonyl (C=O) groups is 2. The molecule has 0 spiro atoms. The average molecular weight is 412 g/mol. The number of rotatable bonds is 3. The van der Waals surface area contributed by atoms with Crippen LogP contribution in [-0.2, 0) is 10.3 Å². The number of carbonyl (C=O) groups excluding carboxylic acids is 2. The van der Waals surface area contributed by atoms with E-state index in [1.165, 1.54) is 4.90 Å². The van der Waals surface area contributed by atoms with Gasteiger partial charge in [0.05, 0.1) is 6.54 Å². The molecule has 1 unspecified atom stereocenters. The molecule has 30 heavy (non-hydrogen) atoms. The molecule has 2 aromatic carbocycles. The molecule has 7 heteroatoms. The fraction of sp³-hybridized carbons (Fsp3) is 0.391. The molecule has 160 valence electrons. The smallest absolute Gasteiger partial charge is 0.417 e. The number of ether oxygens (including phenoxy) is 2. The first-order valence-corrected chi connectivity index (χ1v) is 9.99. The minimum Gasteiger partial charge on any atom is -0.444 e. The van der Waals surface area contributed by atoms with Crippen molar-refractivity contribution in [2.45, 2.75) is 44.8 Å². The second kappa shape index (κ2) is 8.75. The zero-order valence-corrected chi connectivity index (χ0v) is 17.6. The minimum atomic E-state index is -1.17. The van der Waals surface area contributed by atoms with E-state index in [4.69, 9.17) is 9.47 Å². The fourth-order valence-corrected chi connectivity index (χ4v) is 3.36. The lowest BCUT2D eigenvalue weighted by Gasteiger charge is -2.40. The molecular weight excluding hydrogens is 384 g/mol. The van der Waals surface area contributed by atoms with Crippen LogP contribution in [0.4, 0.5) is 15.3 Å². The van der Waals surface area contributed by atoms with E-state index in [0.717, 1.165) is 0 Å². The van der Waals surface area contributed by atoms with Crippen LogP contribution in [0.15, 0.2) is 54.6 Å². The average Bonchev–Trinajstić information content (AvgIpc) is 2.68. The van der Waals surface area contributed by atoms with Crippen LogP contribution in [-0.4, -0.2) is 40.9 Å². The van der Waals surface area contributed by atoms with E-state index in [1.54, 1.807) is 48.5 Å². The Morgan fingerprint density at radius 2 is 1.73 bits per heavy atom. The Balaban J connectivity index is 1.63. The first-order chi connectivity index (χ1) is 14.1. The summed E-state index contributed by atoms with van der Waals surface area (Å²) in [6, 6.07) is 15.7. The van der Waals surface area contributed by atoms with Crippen molar-refractivity contribution in [2.24, 2.45) is 0 Å². The highest BCUT2D eigenvalue weighted by Gasteiger charge is 2.38. The van der Waals surface area contributed by atoms with Gasteiger partial charge in [-0.1, -0.05) is 30.3 Å². The van der Waals surface area contributed by atoms with Crippen molar-refractivity contribution in [3.63, 3.8) is 0 Å². The number of β-amino-alcohol motifs (C(OH)–C–C–N with tert-alkyl or cyclic N) is 1. The van der Waals surface area contributed by atoms with Crippen LogP contribution in [0.1, 0.15) is 39.2 Å². The number of nitrogens with one attached hydrogen (secondary N) is 1. The van der Waals surface area contributed by atoms with Crippen LogP contribution in [0.2, 0.25) is 0 Å². The molecule has 1 aliphatic rings. The van der Waals surface area contributed by atoms with E-state index in [1.807, 2.05) is 26.8 Å². The van der Waals surface area contributed by atoms with Crippen LogP contribution >= 0.6 is 0 Å². The van der Waals surface area contributed by atoms with Gasteiger partial charge in [-0.15, -0.1) is 0 Å². The Morgan fingerprint density at radius 1 is 1.07 bits per heavy atom. The summed E-state index contributed by atoms with van der Waals surface area (Å²) in [4.78, 5) is 26.0. The number of benzene rings is 2. The number of hydrogen-bond acceptors (Lipinski definition) is 5. The predicted molar refractivity (Wildman–Crippen MR) is 113 cm³/mol. The molecule has 2 aromatic rings. The highest BCUT2D eigenvalue weighted by Crippen LogP contribution is 2.33. The summed E-state index contributed by atoms with van der Waals surface area (Å²) >= 11 is 0. The topological polar surface area (TPSA) is 88.1 Å². The van der Waals surface area contributed by atoms with Gasteiger partial charge in [0.1, 0.15) is 17.0 Å². The van der Waals surface area contributed by atoms with Gasteiger partial charge in [-0.2, -0.15) is 0 Å². The van der Waals surface area contributed by atoms with Crippen molar-refractivity contribution in [3.8, 4) is 5.75 Å². The third-order valence-corrected chi connectivity index (χ3v) is 4.74. The zero-order valence-electron chi connectivity index (χ0n) is 17.6. The van der Waals surface area contributed by atoms with E-state index >= 15 is 0 Å². The summed E-state index contributed by atoms with van der Waals surface area (Å²) < 4.78 is 10.6. The van der Waals surface area contributed by atoms with Gasteiger partial charge in [0, 0.05) is 12.2 Å². The quantitative estimate of drug-likeness (QED) is 0.774. The SMILES string of the molecule is CC(C)(C)OC(=O)N1CCCC(O)(c2ccc(NC(=O)Oc3ccccc3)cc2)C1. The number of anilines is 1. The second-order valence-electron chi connectivity index (χ2n) is 8.44. The number of likely N-dealkylation sites (tertiary alicyclic amines) is 1. The third kappa shape index (κ3) is 5.73. The molecule has 2 N–H and O–H groups in total. The lowest BCUT2D eigenvalue weighted by atomic mass is 9.86. The summed E-state index contributed by atoms with van der Waals surface area (Å²) in [5.41, 5.74) is -0.534. The third-order valence-electron chi connectivity index (χ3n) is 4.74. The maximum absolute atomic E-state index is 12.4. The summed E-state index contributed by atoms with van der Waals surface area (Å²) in [6.07, 6.45) is 0.179. The van der Waals surface area contributed by atoms with E-state index in [0.29, 0.717) is 36.4 Å². The van der Waals surface area contributed by atoms with Gasteiger partial charge in [-0.3, -0.25) is 5.32 Å². The number of para-hydroxylation sites is 1. The van der Waals surface area contributed by atoms with Crippen molar-refractivity contribution in [1.29, 1.82) is 0 Å². The normalized spacial score (nSPS) is 19.1. The fourth-order valence-electron chi connectivity index (χ4n) is 3.36. The van der Waals surface area contributed by atoms with Gasteiger partial charge >= 0.3 is 12.2 Å². The van der Waals surface area contributed by atoms with Crippen LogP contribution in [0, 0.1) is 0 Å².